The van der Waals surface area contributed by atoms with Crippen molar-refractivity contribution in [1.29, 1.82) is 0 Å². The number of ether oxygens (including phenoxy) is 4. The first-order chi connectivity index (χ1) is 13.6. The van der Waals surface area contributed by atoms with E-state index in [4.69, 9.17) is 18.9 Å². The molecule has 10 atom stereocenters. The van der Waals surface area contributed by atoms with Crippen molar-refractivity contribution >= 4 is 11.9 Å². The van der Waals surface area contributed by atoms with Crippen LogP contribution in [-0.2, 0) is 28.5 Å². The van der Waals surface area contributed by atoms with Gasteiger partial charge in [0.1, 0.15) is 18.3 Å². The lowest BCUT2D eigenvalue weighted by Gasteiger charge is -2.43. The molecular formula is C18H26O11. The third-order valence-corrected chi connectivity index (χ3v) is 5.85. The number of carboxylic acid groups (broad SMARTS) is 1. The van der Waals surface area contributed by atoms with Crippen LogP contribution in [0.15, 0.2) is 11.8 Å². The Bertz CT molecular complexity index is 662. The van der Waals surface area contributed by atoms with Gasteiger partial charge in [-0.25, -0.2) is 4.79 Å². The summed E-state index contributed by atoms with van der Waals surface area (Å²) >= 11 is 0. The van der Waals surface area contributed by atoms with Crippen LogP contribution < -0.4 is 0 Å². The lowest BCUT2D eigenvalue weighted by Crippen LogP contribution is -2.61. The van der Waals surface area contributed by atoms with Crippen molar-refractivity contribution in [2.75, 3.05) is 6.61 Å². The van der Waals surface area contributed by atoms with Crippen molar-refractivity contribution in [2.24, 2.45) is 17.8 Å². The van der Waals surface area contributed by atoms with Gasteiger partial charge in [0, 0.05) is 18.8 Å². The van der Waals surface area contributed by atoms with E-state index in [2.05, 4.69) is 0 Å². The predicted octanol–water partition coefficient (Wildman–Crippen LogP) is -1.67. The summed E-state index contributed by atoms with van der Waals surface area (Å²) in [5.41, 5.74) is 0.0200. The Kier molecular flexibility index (Phi) is 6.46. The number of carboxylic acids is 1. The maximum atomic E-state index is 11.5. The number of esters is 1. The molecule has 10 unspecified atom stereocenters. The number of aliphatic carboxylic acids is 1. The highest BCUT2D eigenvalue weighted by atomic mass is 16.8. The van der Waals surface area contributed by atoms with Crippen LogP contribution in [0.5, 0.6) is 0 Å². The highest BCUT2D eigenvalue weighted by molar-refractivity contribution is 5.87. The fraction of sp³-hybridized carbons (Fsp3) is 0.778. The number of hydrogen-bond acceptors (Lipinski definition) is 10. The summed E-state index contributed by atoms with van der Waals surface area (Å²) in [5, 5.41) is 49.8. The van der Waals surface area contributed by atoms with Gasteiger partial charge in [0.25, 0.3) is 0 Å². The molecule has 1 saturated heterocycles. The highest BCUT2D eigenvalue weighted by Crippen LogP contribution is 2.47. The molecule has 0 aromatic rings. The van der Waals surface area contributed by atoms with Gasteiger partial charge in [-0.15, -0.1) is 0 Å². The molecule has 2 fully saturated rings. The van der Waals surface area contributed by atoms with E-state index in [1.807, 2.05) is 0 Å². The van der Waals surface area contributed by atoms with E-state index < -0.39 is 73.5 Å². The topological polar surface area (TPSA) is 172 Å². The first-order valence-corrected chi connectivity index (χ1v) is 9.37. The number of aliphatic hydroxyl groups is 4. The van der Waals surface area contributed by atoms with Crippen LogP contribution >= 0.6 is 0 Å². The summed E-state index contributed by atoms with van der Waals surface area (Å²) < 4.78 is 21.5. The number of rotatable bonds is 5. The average molecular weight is 418 g/mol. The van der Waals surface area contributed by atoms with Crippen molar-refractivity contribution in [3.8, 4) is 0 Å². The second-order valence-electron chi connectivity index (χ2n) is 7.65. The number of aliphatic hydroxyl groups excluding tert-OH is 4. The summed E-state index contributed by atoms with van der Waals surface area (Å²) in [6.45, 7) is 2.24. The Labute approximate surface area is 166 Å². The second kappa shape index (κ2) is 8.54. The summed E-state index contributed by atoms with van der Waals surface area (Å²) in [7, 11) is 0. The van der Waals surface area contributed by atoms with Crippen molar-refractivity contribution in [2.45, 2.75) is 63.4 Å². The number of fused-ring (bicyclic) bond motifs is 1. The second-order valence-corrected chi connectivity index (χ2v) is 7.65. The molecule has 0 spiro atoms. The molecule has 11 heteroatoms. The minimum absolute atomic E-state index is 0.0200. The number of hydrogen-bond donors (Lipinski definition) is 5. The Morgan fingerprint density at radius 2 is 1.90 bits per heavy atom. The first-order valence-electron chi connectivity index (χ1n) is 9.37. The van der Waals surface area contributed by atoms with E-state index in [0.29, 0.717) is 0 Å². The van der Waals surface area contributed by atoms with Gasteiger partial charge in [0.2, 0.25) is 6.29 Å². The first kappa shape index (κ1) is 21.9. The Morgan fingerprint density at radius 1 is 1.21 bits per heavy atom. The molecule has 0 amide bonds. The third kappa shape index (κ3) is 4.11. The zero-order valence-electron chi connectivity index (χ0n) is 16.0. The van der Waals surface area contributed by atoms with Gasteiger partial charge >= 0.3 is 11.9 Å². The van der Waals surface area contributed by atoms with Gasteiger partial charge in [-0.3, -0.25) is 4.79 Å². The molecule has 2 heterocycles. The van der Waals surface area contributed by atoms with E-state index in [9.17, 15) is 35.1 Å². The molecule has 164 valence electrons. The largest absolute Gasteiger partial charge is 0.478 e. The quantitative estimate of drug-likeness (QED) is 0.323. The van der Waals surface area contributed by atoms with Crippen molar-refractivity contribution in [1.82, 2.24) is 0 Å². The van der Waals surface area contributed by atoms with Crippen LogP contribution in [0, 0.1) is 17.8 Å². The van der Waals surface area contributed by atoms with Crippen LogP contribution in [0.4, 0.5) is 0 Å². The van der Waals surface area contributed by atoms with Gasteiger partial charge in [0.15, 0.2) is 12.4 Å². The predicted molar refractivity (Wildman–Crippen MR) is 91.8 cm³/mol. The lowest BCUT2D eigenvalue weighted by atomic mass is 9.83. The van der Waals surface area contributed by atoms with Gasteiger partial charge in [-0.1, -0.05) is 6.92 Å². The monoisotopic (exact) mass is 418 g/mol. The van der Waals surface area contributed by atoms with Crippen LogP contribution in [0.25, 0.3) is 0 Å². The summed E-state index contributed by atoms with van der Waals surface area (Å²) in [6, 6.07) is 0. The van der Waals surface area contributed by atoms with Crippen LogP contribution in [0.3, 0.4) is 0 Å². The van der Waals surface area contributed by atoms with Crippen LogP contribution in [-0.4, -0.2) is 87.2 Å². The molecule has 29 heavy (non-hydrogen) atoms. The molecule has 0 aromatic carbocycles. The minimum Gasteiger partial charge on any atom is -0.478 e. The van der Waals surface area contributed by atoms with Crippen molar-refractivity contribution in [3.05, 3.63) is 11.8 Å². The fourth-order valence-corrected chi connectivity index (χ4v) is 4.31. The molecule has 0 aromatic heterocycles. The molecule has 0 bridgehead atoms. The van der Waals surface area contributed by atoms with Crippen molar-refractivity contribution in [3.63, 3.8) is 0 Å². The van der Waals surface area contributed by atoms with E-state index in [-0.39, 0.29) is 17.9 Å². The molecule has 1 saturated carbocycles. The standard InChI is InChI=1S/C18H26O11/c1-6-10(21)3-8-9(16(24)25)5-26-17(12(6)8)29-18-14(23)13(22)15(27-7(2)20)11(4-19)28-18/h5-6,8,10-15,17-19,21-23H,3-4H2,1-2H3,(H,24,25). The van der Waals surface area contributed by atoms with Crippen molar-refractivity contribution < 1.29 is 54.1 Å². The summed E-state index contributed by atoms with van der Waals surface area (Å²) in [5.74, 6) is -3.30. The number of carbonyl (C=O) groups is 2. The molecule has 0 radical (unpaired) electrons. The smallest absolute Gasteiger partial charge is 0.334 e. The molecule has 5 N–H and O–H groups in total. The zero-order valence-corrected chi connectivity index (χ0v) is 16.0. The number of carbonyl (C=O) groups excluding carboxylic acids is 1. The maximum absolute atomic E-state index is 11.5. The maximum Gasteiger partial charge on any atom is 0.334 e. The minimum atomic E-state index is -1.63. The fourth-order valence-electron chi connectivity index (χ4n) is 4.31. The van der Waals surface area contributed by atoms with E-state index in [1.54, 1.807) is 6.92 Å². The van der Waals surface area contributed by atoms with E-state index in [1.165, 1.54) is 0 Å². The summed E-state index contributed by atoms with van der Waals surface area (Å²) in [4.78, 5) is 22.7. The molecule has 1 aliphatic carbocycles. The Morgan fingerprint density at radius 3 is 2.48 bits per heavy atom. The van der Waals surface area contributed by atoms with Crippen LogP contribution in [0.1, 0.15) is 20.3 Å². The van der Waals surface area contributed by atoms with Gasteiger partial charge in [-0.05, 0) is 12.3 Å². The Balaban J connectivity index is 1.78. The summed E-state index contributed by atoms with van der Waals surface area (Å²) in [6.07, 6.45) is -7.66. The third-order valence-electron chi connectivity index (χ3n) is 5.85. The zero-order chi connectivity index (χ0) is 21.5. The van der Waals surface area contributed by atoms with E-state index >= 15 is 0 Å². The van der Waals surface area contributed by atoms with Gasteiger partial charge in [-0.2, -0.15) is 0 Å². The van der Waals surface area contributed by atoms with Gasteiger partial charge < -0.3 is 44.5 Å². The molecule has 2 aliphatic heterocycles. The van der Waals surface area contributed by atoms with Crippen LogP contribution in [0.2, 0.25) is 0 Å². The Hall–Kier alpha value is -1.76. The lowest BCUT2D eigenvalue weighted by molar-refractivity contribution is -0.343. The molecule has 3 rings (SSSR count). The SMILES string of the molecule is CC(=O)OC1C(CO)OC(OC2OC=C(C(=O)O)C3CC(O)C(C)C23)C(O)C1O. The molecule has 11 nitrogen and oxygen atoms in total. The molecule has 3 aliphatic rings. The average Bonchev–Trinajstić information content (AvgIpc) is 2.96. The van der Waals surface area contributed by atoms with E-state index in [0.717, 1.165) is 13.2 Å². The van der Waals surface area contributed by atoms with Gasteiger partial charge in [0.05, 0.1) is 24.5 Å². The normalized spacial score (nSPS) is 44.4. The molecular weight excluding hydrogens is 392 g/mol. The highest BCUT2D eigenvalue weighted by Gasteiger charge is 2.53.